The predicted octanol–water partition coefficient (Wildman–Crippen LogP) is 9.14. The van der Waals surface area contributed by atoms with Crippen molar-refractivity contribution in [1.29, 1.82) is 0 Å². The summed E-state index contributed by atoms with van der Waals surface area (Å²) in [5.41, 5.74) is 4.88. The van der Waals surface area contributed by atoms with Crippen LogP contribution in [0.5, 0.6) is 0 Å². The van der Waals surface area contributed by atoms with Crippen molar-refractivity contribution in [1.82, 2.24) is 24.9 Å². The largest absolute Gasteiger partial charge is 0.395 e. The highest BCUT2D eigenvalue weighted by atomic mass is 32.2. The number of nitrogens with one attached hydrogen (secondary N) is 2. The predicted molar refractivity (Wildman–Crippen MR) is 250 cm³/mol. The molecule has 328 valence electrons. The van der Waals surface area contributed by atoms with E-state index in [0.29, 0.717) is 33.4 Å². The minimum absolute atomic E-state index is 0.104. The van der Waals surface area contributed by atoms with E-state index in [1.54, 1.807) is 17.0 Å². The maximum absolute atomic E-state index is 12.1. The highest BCUT2D eigenvalue weighted by Crippen LogP contribution is 2.38. The standard InChI is InChI=1S/C41H46N14O5S3/c1-5-53(6-2)26-16-18-28(49-51-40-44-30-12-9-10-14-34(30)61-40)32(24-26)42-37-46-38(48-39(47-37)55(20-22-56)21-23-57)43-33-25-27(54(7-3)8-4)17-19-29(33)50-52-41-45-31-13-11-15-35(36(31)62-41)63(58,59)60/h9-19,24-25,56-57H,5-8,20-23H2,1-4H3,(H,58,59,60)(H2,42,43,46,47,48)/b51-49+,52-50+. The number of rotatable bonds is 20. The van der Waals surface area contributed by atoms with Gasteiger partial charge in [0, 0.05) is 50.6 Å². The van der Waals surface area contributed by atoms with Gasteiger partial charge in [-0.1, -0.05) is 40.9 Å². The van der Waals surface area contributed by atoms with Crippen LogP contribution in [0, 0.1) is 0 Å². The molecule has 5 N–H and O–H groups in total. The molecule has 4 aromatic carbocycles. The zero-order valence-electron chi connectivity index (χ0n) is 34.9. The minimum atomic E-state index is -4.50. The Morgan fingerprint density at radius 2 is 1.13 bits per heavy atom. The van der Waals surface area contributed by atoms with Crippen molar-refractivity contribution >= 4 is 115 Å². The van der Waals surface area contributed by atoms with E-state index in [1.165, 1.54) is 23.5 Å². The van der Waals surface area contributed by atoms with Crippen LogP contribution in [0.15, 0.2) is 104 Å². The zero-order valence-corrected chi connectivity index (χ0v) is 37.4. The number of azo groups is 2. The average molecular weight is 911 g/mol. The van der Waals surface area contributed by atoms with E-state index in [2.05, 4.69) is 64.7 Å². The highest BCUT2D eigenvalue weighted by molar-refractivity contribution is 7.86. The van der Waals surface area contributed by atoms with E-state index >= 15 is 0 Å². The van der Waals surface area contributed by atoms with E-state index in [9.17, 15) is 23.2 Å². The lowest BCUT2D eigenvalue weighted by atomic mass is 10.2. The molecule has 0 amide bonds. The van der Waals surface area contributed by atoms with Gasteiger partial charge in [0.2, 0.25) is 28.1 Å². The highest BCUT2D eigenvalue weighted by Gasteiger charge is 2.20. The van der Waals surface area contributed by atoms with Crippen molar-refractivity contribution < 1.29 is 23.2 Å². The molecular formula is C41H46N14O5S3. The minimum Gasteiger partial charge on any atom is -0.395 e. The van der Waals surface area contributed by atoms with Crippen molar-refractivity contribution in [2.75, 3.05) is 77.8 Å². The molecule has 0 bridgehead atoms. The fourth-order valence-corrected chi connectivity index (χ4v) is 9.27. The summed E-state index contributed by atoms with van der Waals surface area (Å²) < 4.78 is 35.1. The average Bonchev–Trinajstić information content (AvgIpc) is 3.90. The van der Waals surface area contributed by atoms with Crippen molar-refractivity contribution in [3.8, 4) is 0 Å². The number of anilines is 7. The van der Waals surface area contributed by atoms with Gasteiger partial charge in [-0.3, -0.25) is 4.55 Å². The van der Waals surface area contributed by atoms with Crippen LogP contribution in [0.1, 0.15) is 27.7 Å². The Bertz CT molecular complexity index is 2820. The first-order valence-electron chi connectivity index (χ1n) is 20.1. The SMILES string of the molecule is CCN(CC)c1ccc(/N=N/c2nc3ccccc3s2)c(Nc2nc(Nc3cc(N(CC)CC)ccc3/N=N/c3nc4cccc(S(=O)(=O)O)c4s3)nc(N(CCO)CCO)n2)c1. The van der Waals surface area contributed by atoms with Crippen LogP contribution in [0.2, 0.25) is 0 Å². The summed E-state index contributed by atoms with van der Waals surface area (Å²) in [5, 5.41) is 45.3. The Balaban J connectivity index is 1.30. The number of aliphatic hydroxyl groups is 2. The smallest absolute Gasteiger partial charge is 0.296 e. The molecule has 22 heteroatoms. The summed E-state index contributed by atoms with van der Waals surface area (Å²) in [6.45, 7) is 11.0. The second-order valence-electron chi connectivity index (χ2n) is 13.7. The van der Waals surface area contributed by atoms with E-state index < -0.39 is 10.1 Å². The van der Waals surface area contributed by atoms with Crippen LogP contribution >= 0.6 is 22.7 Å². The molecule has 3 aromatic heterocycles. The fraction of sp³-hybridized carbons (Fsp3) is 0.293. The first-order valence-corrected chi connectivity index (χ1v) is 23.2. The molecule has 0 aliphatic rings. The van der Waals surface area contributed by atoms with E-state index in [4.69, 9.17) is 15.0 Å². The van der Waals surface area contributed by atoms with Gasteiger partial charge in [-0.05, 0) is 88.4 Å². The molecule has 0 saturated heterocycles. The summed E-state index contributed by atoms with van der Waals surface area (Å²) in [6, 6.07) is 23.6. The quantitative estimate of drug-likeness (QED) is 0.0354. The van der Waals surface area contributed by atoms with Gasteiger partial charge in [0.25, 0.3) is 10.1 Å². The molecular weight excluding hydrogens is 865 g/mol. The molecule has 0 fully saturated rings. The lowest BCUT2D eigenvalue weighted by molar-refractivity contribution is 0.280. The Labute approximate surface area is 371 Å². The number of aromatic nitrogens is 5. The van der Waals surface area contributed by atoms with Gasteiger partial charge in [0.05, 0.1) is 45.0 Å². The van der Waals surface area contributed by atoms with Crippen LogP contribution in [0.4, 0.5) is 62.2 Å². The number of fused-ring (bicyclic) bond motifs is 2. The Hall–Kier alpha value is -6.30. The van der Waals surface area contributed by atoms with Crippen molar-refractivity contribution in [2.24, 2.45) is 20.5 Å². The van der Waals surface area contributed by atoms with Crippen molar-refractivity contribution in [3.05, 3.63) is 78.9 Å². The maximum atomic E-state index is 12.1. The maximum Gasteiger partial charge on any atom is 0.296 e. The fourth-order valence-electron chi connectivity index (χ4n) is 6.66. The third kappa shape index (κ3) is 10.7. The molecule has 0 unspecified atom stereocenters. The molecule has 0 radical (unpaired) electrons. The Morgan fingerprint density at radius 3 is 1.65 bits per heavy atom. The monoisotopic (exact) mass is 910 g/mol. The van der Waals surface area contributed by atoms with Crippen molar-refractivity contribution in [3.63, 3.8) is 0 Å². The van der Waals surface area contributed by atoms with Gasteiger partial charge in [-0.15, -0.1) is 20.5 Å². The number of para-hydroxylation sites is 1. The van der Waals surface area contributed by atoms with Crippen LogP contribution in [0.25, 0.3) is 20.4 Å². The molecule has 19 nitrogen and oxygen atoms in total. The topological polar surface area (TPSA) is 242 Å². The van der Waals surface area contributed by atoms with Gasteiger partial charge in [-0.2, -0.15) is 23.4 Å². The van der Waals surface area contributed by atoms with Crippen LogP contribution in [-0.4, -0.2) is 101 Å². The van der Waals surface area contributed by atoms with Crippen molar-refractivity contribution in [2.45, 2.75) is 32.6 Å². The molecule has 0 saturated carbocycles. The summed E-state index contributed by atoms with van der Waals surface area (Å²) >= 11 is 2.41. The Kier molecular flexibility index (Phi) is 14.4. The number of thiazole rings is 2. The third-order valence-electron chi connectivity index (χ3n) is 9.77. The molecule has 63 heavy (non-hydrogen) atoms. The molecule has 0 aliphatic carbocycles. The summed E-state index contributed by atoms with van der Waals surface area (Å²) in [7, 11) is -4.50. The lowest BCUT2D eigenvalue weighted by Crippen LogP contribution is -2.31. The number of benzene rings is 4. The normalized spacial score (nSPS) is 11.9. The Morgan fingerprint density at radius 1 is 0.603 bits per heavy atom. The molecule has 7 aromatic rings. The number of nitrogens with zero attached hydrogens (tertiary/aromatic N) is 12. The second-order valence-corrected chi connectivity index (χ2v) is 17.0. The van der Waals surface area contributed by atoms with Crippen LogP contribution < -0.4 is 25.3 Å². The molecule has 7 rings (SSSR count). The first kappa shape index (κ1) is 44.7. The van der Waals surface area contributed by atoms with Gasteiger partial charge < -0.3 is 35.5 Å². The third-order valence-corrected chi connectivity index (χ3v) is 12.7. The zero-order chi connectivity index (χ0) is 44.5. The summed E-state index contributed by atoms with van der Waals surface area (Å²) in [4.78, 5) is 29.0. The lowest BCUT2D eigenvalue weighted by Gasteiger charge is -2.24. The number of hydrogen-bond donors (Lipinski definition) is 5. The van der Waals surface area contributed by atoms with Gasteiger partial charge in [-0.25, -0.2) is 9.97 Å². The van der Waals surface area contributed by atoms with E-state index in [-0.39, 0.29) is 58.9 Å². The van der Waals surface area contributed by atoms with Crippen LogP contribution in [-0.2, 0) is 10.1 Å². The molecule has 0 spiro atoms. The van der Waals surface area contributed by atoms with E-state index in [0.717, 1.165) is 59.1 Å². The summed E-state index contributed by atoms with van der Waals surface area (Å²) in [5.74, 6) is 0.401. The molecule has 0 aliphatic heterocycles. The number of hydrogen-bond acceptors (Lipinski definition) is 20. The van der Waals surface area contributed by atoms with Crippen LogP contribution in [0.3, 0.4) is 0 Å². The number of aliphatic hydroxyl groups excluding tert-OH is 2. The van der Waals surface area contributed by atoms with Gasteiger partial charge in [0.15, 0.2) is 0 Å². The molecule has 3 heterocycles. The van der Waals surface area contributed by atoms with E-state index in [1.807, 2.05) is 68.4 Å². The first-order chi connectivity index (χ1) is 30.5. The summed E-state index contributed by atoms with van der Waals surface area (Å²) in [6.07, 6.45) is 0. The van der Waals surface area contributed by atoms with Gasteiger partial charge in [0.1, 0.15) is 16.3 Å². The second kappa shape index (κ2) is 20.3. The molecule has 0 atom stereocenters. The van der Waals surface area contributed by atoms with Gasteiger partial charge >= 0.3 is 0 Å².